The summed E-state index contributed by atoms with van der Waals surface area (Å²) in [6.07, 6.45) is 3.89. The molecule has 2 aliphatic rings. The highest BCUT2D eigenvalue weighted by Crippen LogP contribution is 2.35. The number of rotatable bonds is 10. The number of nitrogens with zero attached hydrogens (tertiary/aromatic N) is 4. The van der Waals surface area contributed by atoms with E-state index in [2.05, 4.69) is 51.9 Å². The summed E-state index contributed by atoms with van der Waals surface area (Å²) in [6.45, 7) is 7.29. The lowest BCUT2D eigenvalue weighted by atomic mass is 9.91. The molecule has 1 aromatic carbocycles. The van der Waals surface area contributed by atoms with Gasteiger partial charge >= 0.3 is 6.18 Å². The molecule has 0 saturated carbocycles. The van der Waals surface area contributed by atoms with Crippen LogP contribution in [0.15, 0.2) is 42.8 Å². The molecule has 2 atom stereocenters. The van der Waals surface area contributed by atoms with E-state index in [1.54, 1.807) is 6.07 Å². The van der Waals surface area contributed by atoms with Gasteiger partial charge in [0.05, 0.1) is 17.9 Å². The van der Waals surface area contributed by atoms with Crippen LogP contribution in [0.5, 0.6) is 0 Å². The Kier molecular flexibility index (Phi) is 8.57. The second-order valence-corrected chi connectivity index (χ2v) is 12.0. The molecular weight excluding hydrogens is 547 g/mol. The maximum absolute atomic E-state index is 13.0. The topological polar surface area (TPSA) is 81.9 Å². The van der Waals surface area contributed by atoms with Crippen molar-refractivity contribution in [3.63, 3.8) is 0 Å². The van der Waals surface area contributed by atoms with Gasteiger partial charge < -0.3 is 5.32 Å². The smallest absolute Gasteiger partial charge is 0.367 e. The van der Waals surface area contributed by atoms with Crippen molar-refractivity contribution >= 4 is 39.2 Å². The van der Waals surface area contributed by atoms with Crippen LogP contribution in [0.3, 0.4) is 0 Å². The van der Waals surface area contributed by atoms with E-state index in [0.717, 1.165) is 61.2 Å². The number of piperidine rings is 1. The number of anilines is 1. The van der Waals surface area contributed by atoms with Crippen molar-refractivity contribution in [2.24, 2.45) is 0 Å². The second-order valence-electron chi connectivity index (χ2n) is 10.9. The average molecular weight is 580 g/mol. The van der Waals surface area contributed by atoms with Crippen LogP contribution in [-0.2, 0) is 24.2 Å². The van der Waals surface area contributed by atoms with Gasteiger partial charge in [0, 0.05) is 48.5 Å². The summed E-state index contributed by atoms with van der Waals surface area (Å²) in [5.41, 5.74) is 5.55. The van der Waals surface area contributed by atoms with Crippen LogP contribution in [0.1, 0.15) is 59.2 Å². The predicted octanol–water partition coefficient (Wildman–Crippen LogP) is 6.94. The summed E-state index contributed by atoms with van der Waals surface area (Å²) in [7, 11) is 0. The SMILES string of the molecule is C=CC(=O)CCCC1CC(Nc2ncnc3sc(CC(F)(F)F)cc23)CCN1Cc1ccc2c(c1C)C=C(C#N)C2. The summed E-state index contributed by atoms with van der Waals surface area (Å²) in [5, 5.41) is 13.5. The predicted molar refractivity (Wildman–Crippen MR) is 156 cm³/mol. The minimum absolute atomic E-state index is 0.0343. The Morgan fingerprint density at radius 2 is 2.17 bits per heavy atom. The van der Waals surface area contributed by atoms with Crippen LogP contribution in [0.2, 0.25) is 0 Å². The molecule has 2 unspecified atom stereocenters. The molecule has 41 heavy (non-hydrogen) atoms. The van der Waals surface area contributed by atoms with Crippen molar-refractivity contribution in [3.8, 4) is 6.07 Å². The zero-order valence-electron chi connectivity index (χ0n) is 22.9. The third kappa shape index (κ3) is 6.85. The first-order chi connectivity index (χ1) is 19.6. The van der Waals surface area contributed by atoms with E-state index >= 15 is 0 Å². The summed E-state index contributed by atoms with van der Waals surface area (Å²) in [4.78, 5) is 23.7. The zero-order valence-corrected chi connectivity index (χ0v) is 23.7. The number of halogens is 3. The number of alkyl halides is 3. The van der Waals surface area contributed by atoms with Crippen molar-refractivity contribution in [2.75, 3.05) is 11.9 Å². The molecule has 0 spiro atoms. The van der Waals surface area contributed by atoms with Crippen LogP contribution in [0.25, 0.3) is 16.3 Å². The van der Waals surface area contributed by atoms with E-state index in [0.29, 0.717) is 28.9 Å². The zero-order chi connectivity index (χ0) is 29.1. The third-order valence-corrected chi connectivity index (χ3v) is 9.10. The van der Waals surface area contributed by atoms with E-state index in [1.165, 1.54) is 29.1 Å². The largest absolute Gasteiger partial charge is 0.393 e. The molecule has 0 amide bonds. The number of likely N-dealkylation sites (tertiary alicyclic amines) is 1. The number of hydrogen-bond acceptors (Lipinski definition) is 7. The summed E-state index contributed by atoms with van der Waals surface area (Å²) in [5.74, 6) is 0.598. The quantitative estimate of drug-likeness (QED) is 0.262. The summed E-state index contributed by atoms with van der Waals surface area (Å²) >= 11 is 1.05. The van der Waals surface area contributed by atoms with E-state index in [9.17, 15) is 23.2 Å². The molecule has 6 nitrogen and oxygen atoms in total. The maximum Gasteiger partial charge on any atom is 0.393 e. The van der Waals surface area contributed by atoms with Crippen molar-refractivity contribution in [1.82, 2.24) is 14.9 Å². The molecule has 214 valence electrons. The lowest BCUT2D eigenvalue weighted by Gasteiger charge is -2.40. The molecule has 2 aromatic heterocycles. The molecule has 1 aliphatic carbocycles. The molecule has 10 heteroatoms. The van der Waals surface area contributed by atoms with Crippen LogP contribution in [0.4, 0.5) is 19.0 Å². The minimum atomic E-state index is -4.28. The number of allylic oxidation sites excluding steroid dienone is 2. The van der Waals surface area contributed by atoms with Crippen molar-refractivity contribution in [2.45, 2.75) is 76.7 Å². The molecule has 0 bridgehead atoms. The number of nitriles is 1. The number of nitrogens with one attached hydrogen (secondary N) is 1. The summed E-state index contributed by atoms with van der Waals surface area (Å²) in [6, 6.07) is 8.40. The number of carbonyl (C=O) groups is 1. The molecule has 1 saturated heterocycles. The fourth-order valence-corrected chi connectivity index (χ4v) is 6.96. The highest BCUT2D eigenvalue weighted by atomic mass is 32.1. The van der Waals surface area contributed by atoms with Gasteiger partial charge in [0.1, 0.15) is 17.0 Å². The van der Waals surface area contributed by atoms with Gasteiger partial charge in [-0.05, 0) is 73.1 Å². The molecular formula is C31H32F3N5OS. The van der Waals surface area contributed by atoms with Crippen molar-refractivity contribution in [3.05, 3.63) is 69.9 Å². The van der Waals surface area contributed by atoms with Crippen LogP contribution < -0.4 is 5.32 Å². The lowest BCUT2D eigenvalue weighted by Crippen LogP contribution is -2.46. The Morgan fingerprint density at radius 1 is 1.34 bits per heavy atom. The number of ketones is 1. The molecule has 3 heterocycles. The number of thiophene rings is 1. The van der Waals surface area contributed by atoms with Gasteiger partial charge in [-0.1, -0.05) is 18.7 Å². The van der Waals surface area contributed by atoms with Gasteiger partial charge in [-0.15, -0.1) is 11.3 Å². The Bertz CT molecular complexity index is 1540. The normalized spacial score (nSPS) is 19.0. The van der Waals surface area contributed by atoms with Gasteiger partial charge in [0.15, 0.2) is 5.78 Å². The first-order valence-electron chi connectivity index (χ1n) is 13.8. The number of fused-ring (bicyclic) bond motifs is 2. The maximum atomic E-state index is 13.0. The van der Waals surface area contributed by atoms with E-state index in [-0.39, 0.29) is 22.7 Å². The van der Waals surface area contributed by atoms with Gasteiger partial charge in [0.25, 0.3) is 0 Å². The molecule has 0 radical (unpaired) electrons. The Balaban J connectivity index is 1.33. The molecule has 1 aliphatic heterocycles. The van der Waals surface area contributed by atoms with Crippen LogP contribution >= 0.6 is 11.3 Å². The lowest BCUT2D eigenvalue weighted by molar-refractivity contribution is -0.126. The molecule has 1 N–H and O–H groups in total. The van der Waals surface area contributed by atoms with Crippen molar-refractivity contribution < 1.29 is 18.0 Å². The van der Waals surface area contributed by atoms with Crippen molar-refractivity contribution in [1.29, 1.82) is 5.26 Å². The first-order valence-corrected chi connectivity index (χ1v) is 14.6. The second kappa shape index (κ2) is 12.1. The number of benzene rings is 1. The van der Waals surface area contributed by atoms with Gasteiger partial charge in [0.2, 0.25) is 0 Å². The molecule has 3 aromatic rings. The number of hydrogen-bond donors (Lipinski definition) is 1. The molecule has 5 rings (SSSR count). The van der Waals surface area contributed by atoms with Gasteiger partial charge in [-0.25, -0.2) is 9.97 Å². The van der Waals surface area contributed by atoms with Gasteiger partial charge in [-0.3, -0.25) is 9.69 Å². The van der Waals surface area contributed by atoms with E-state index in [1.807, 2.05) is 6.08 Å². The number of carbonyl (C=O) groups excluding carboxylic acids is 1. The third-order valence-electron chi connectivity index (χ3n) is 8.06. The average Bonchev–Trinajstić information content (AvgIpc) is 3.55. The Labute approximate surface area is 241 Å². The number of aromatic nitrogens is 2. The fourth-order valence-electron chi connectivity index (χ4n) is 5.93. The fraction of sp³-hybridized carbons (Fsp3) is 0.419. The van der Waals surface area contributed by atoms with Crippen LogP contribution in [0, 0.1) is 18.3 Å². The highest BCUT2D eigenvalue weighted by molar-refractivity contribution is 7.18. The van der Waals surface area contributed by atoms with E-state index in [4.69, 9.17) is 0 Å². The summed E-state index contributed by atoms with van der Waals surface area (Å²) < 4.78 is 39.0. The molecule has 1 fully saturated rings. The van der Waals surface area contributed by atoms with Crippen LogP contribution in [-0.4, -0.2) is 45.5 Å². The van der Waals surface area contributed by atoms with Gasteiger partial charge in [-0.2, -0.15) is 18.4 Å². The van der Waals surface area contributed by atoms with E-state index < -0.39 is 12.6 Å². The highest BCUT2D eigenvalue weighted by Gasteiger charge is 2.31. The first kappa shape index (κ1) is 29.0. The monoisotopic (exact) mass is 579 g/mol. The Hall–Kier alpha value is -3.55. The standard InChI is InChI=1S/C31H32F3N5OS/c1-3-25(40)6-4-5-24-13-23(38-29-28-14-26(15-31(32,33)34)41-30(28)37-18-36-29)9-10-39(24)17-22-8-7-21-11-20(16-35)12-27(21)19(22)2/h3,7-8,12,14,18,23-24H,1,4-6,9-11,13,15,17H2,2H3,(H,36,37,38). The Morgan fingerprint density at radius 3 is 2.93 bits per heavy atom. The minimum Gasteiger partial charge on any atom is -0.367 e.